The number of likely N-dealkylation sites (tertiary alicyclic amines) is 1. The summed E-state index contributed by atoms with van der Waals surface area (Å²) in [4.78, 5) is 19.5. The van der Waals surface area contributed by atoms with Gasteiger partial charge in [0.2, 0.25) is 5.91 Å². The van der Waals surface area contributed by atoms with Crippen molar-refractivity contribution in [2.75, 3.05) is 46.3 Å². The van der Waals surface area contributed by atoms with Crippen molar-refractivity contribution >= 4 is 5.91 Å². The summed E-state index contributed by atoms with van der Waals surface area (Å²) in [6.07, 6.45) is 5.98. The van der Waals surface area contributed by atoms with Crippen LogP contribution in [0.15, 0.2) is 12.4 Å². The molecule has 2 fully saturated rings. The zero-order valence-corrected chi connectivity index (χ0v) is 15.3. The third-order valence-corrected chi connectivity index (χ3v) is 5.75. The lowest BCUT2D eigenvalue weighted by atomic mass is 9.89. The highest BCUT2D eigenvalue weighted by Crippen LogP contribution is 2.25. The van der Waals surface area contributed by atoms with Crippen LogP contribution in [0.5, 0.6) is 0 Å². The van der Waals surface area contributed by atoms with E-state index in [-0.39, 0.29) is 5.91 Å². The molecule has 1 aromatic rings. The van der Waals surface area contributed by atoms with Gasteiger partial charge in [0.25, 0.3) is 0 Å². The van der Waals surface area contributed by atoms with Crippen molar-refractivity contribution in [3.05, 3.63) is 18.0 Å². The van der Waals surface area contributed by atoms with E-state index < -0.39 is 0 Å². The predicted molar refractivity (Wildman–Crippen MR) is 94.8 cm³/mol. The molecule has 2 aliphatic heterocycles. The molecule has 0 saturated carbocycles. The number of piperazine rings is 1. The average molecular weight is 333 g/mol. The number of aryl methyl sites for hydroxylation is 1. The second-order valence-corrected chi connectivity index (χ2v) is 7.51. The van der Waals surface area contributed by atoms with Crippen LogP contribution >= 0.6 is 0 Å². The lowest BCUT2D eigenvalue weighted by Gasteiger charge is -2.42. The van der Waals surface area contributed by atoms with Crippen molar-refractivity contribution in [1.82, 2.24) is 24.5 Å². The van der Waals surface area contributed by atoms with Crippen molar-refractivity contribution in [2.24, 2.45) is 5.92 Å². The van der Waals surface area contributed by atoms with Gasteiger partial charge < -0.3 is 9.80 Å². The minimum absolute atomic E-state index is 0.198. The first-order chi connectivity index (χ1) is 11.5. The van der Waals surface area contributed by atoms with E-state index in [2.05, 4.69) is 28.9 Å². The van der Waals surface area contributed by atoms with Gasteiger partial charge in [0, 0.05) is 51.5 Å². The summed E-state index contributed by atoms with van der Waals surface area (Å²) in [5.41, 5.74) is 1.10. The number of amides is 1. The van der Waals surface area contributed by atoms with Crippen LogP contribution in [-0.4, -0.2) is 82.7 Å². The SMILES string of the molecule is Cc1cnn(CC(=O)N2CCC([C@@H](C)N3CCN(C)CC3)CC2)c1. The maximum absolute atomic E-state index is 12.4. The Balaban J connectivity index is 1.45. The van der Waals surface area contributed by atoms with E-state index in [1.54, 1.807) is 10.9 Å². The van der Waals surface area contributed by atoms with E-state index in [1.165, 1.54) is 26.2 Å². The first-order valence-electron chi connectivity index (χ1n) is 9.22. The number of carbonyl (C=O) groups excluding carboxylic acids is 1. The highest BCUT2D eigenvalue weighted by Gasteiger charge is 2.30. The molecule has 2 saturated heterocycles. The number of nitrogens with zero attached hydrogens (tertiary/aromatic N) is 5. The van der Waals surface area contributed by atoms with Crippen LogP contribution in [0.3, 0.4) is 0 Å². The zero-order valence-electron chi connectivity index (χ0n) is 15.3. The number of likely N-dealkylation sites (N-methyl/N-ethyl adjacent to an activating group) is 1. The second-order valence-electron chi connectivity index (χ2n) is 7.51. The van der Waals surface area contributed by atoms with Crippen LogP contribution in [0.25, 0.3) is 0 Å². The van der Waals surface area contributed by atoms with Crippen molar-refractivity contribution < 1.29 is 4.79 Å². The van der Waals surface area contributed by atoms with E-state index in [0.717, 1.165) is 31.5 Å². The molecule has 0 N–H and O–H groups in total. The van der Waals surface area contributed by atoms with E-state index in [9.17, 15) is 4.79 Å². The number of aromatic nitrogens is 2. The van der Waals surface area contributed by atoms with E-state index in [1.807, 2.05) is 18.0 Å². The smallest absolute Gasteiger partial charge is 0.244 e. The average Bonchev–Trinajstić information content (AvgIpc) is 3.00. The van der Waals surface area contributed by atoms with Gasteiger partial charge in [0.1, 0.15) is 6.54 Å². The molecule has 1 atom stereocenters. The Kier molecular flexibility index (Phi) is 5.56. The van der Waals surface area contributed by atoms with Gasteiger partial charge in [0.15, 0.2) is 0 Å². The molecule has 0 bridgehead atoms. The van der Waals surface area contributed by atoms with Gasteiger partial charge in [-0.2, -0.15) is 5.10 Å². The van der Waals surface area contributed by atoms with Gasteiger partial charge in [-0.25, -0.2) is 0 Å². The number of rotatable bonds is 4. The molecule has 134 valence electrons. The molecule has 6 nitrogen and oxygen atoms in total. The lowest BCUT2D eigenvalue weighted by molar-refractivity contribution is -0.133. The third-order valence-electron chi connectivity index (χ3n) is 5.75. The van der Waals surface area contributed by atoms with E-state index in [4.69, 9.17) is 0 Å². The minimum atomic E-state index is 0.198. The van der Waals surface area contributed by atoms with Crippen molar-refractivity contribution in [1.29, 1.82) is 0 Å². The van der Waals surface area contributed by atoms with Crippen molar-refractivity contribution in [2.45, 2.75) is 39.3 Å². The molecular formula is C18H31N5O. The molecule has 3 rings (SSSR count). The van der Waals surface area contributed by atoms with E-state index in [0.29, 0.717) is 18.5 Å². The van der Waals surface area contributed by atoms with Crippen LogP contribution in [-0.2, 0) is 11.3 Å². The van der Waals surface area contributed by atoms with Crippen LogP contribution in [0.4, 0.5) is 0 Å². The molecule has 6 heteroatoms. The van der Waals surface area contributed by atoms with Crippen LogP contribution in [0.1, 0.15) is 25.3 Å². The molecule has 0 spiro atoms. The van der Waals surface area contributed by atoms with Crippen LogP contribution in [0.2, 0.25) is 0 Å². The third kappa shape index (κ3) is 4.16. The lowest BCUT2D eigenvalue weighted by Crippen LogP contribution is -2.52. The maximum atomic E-state index is 12.4. The quantitative estimate of drug-likeness (QED) is 0.827. The molecule has 1 amide bonds. The van der Waals surface area contributed by atoms with Gasteiger partial charge in [-0.05, 0) is 45.2 Å². The summed E-state index contributed by atoms with van der Waals surface area (Å²) < 4.78 is 1.75. The molecular weight excluding hydrogens is 302 g/mol. The number of hydrogen-bond donors (Lipinski definition) is 0. The van der Waals surface area contributed by atoms with Gasteiger partial charge >= 0.3 is 0 Å². The fraction of sp³-hybridized carbons (Fsp3) is 0.778. The fourth-order valence-corrected chi connectivity index (χ4v) is 3.95. The Morgan fingerprint density at radius 2 is 1.88 bits per heavy atom. The van der Waals surface area contributed by atoms with Crippen LogP contribution < -0.4 is 0 Å². The van der Waals surface area contributed by atoms with E-state index >= 15 is 0 Å². The largest absolute Gasteiger partial charge is 0.341 e. The normalized spacial score (nSPS) is 22.7. The summed E-state index contributed by atoms with van der Waals surface area (Å²) in [7, 11) is 2.20. The summed E-state index contributed by atoms with van der Waals surface area (Å²) >= 11 is 0. The first-order valence-corrected chi connectivity index (χ1v) is 9.22. The van der Waals surface area contributed by atoms with Crippen molar-refractivity contribution in [3.63, 3.8) is 0 Å². The number of carbonyl (C=O) groups is 1. The van der Waals surface area contributed by atoms with Gasteiger partial charge in [0.05, 0.1) is 6.20 Å². The molecule has 0 aromatic carbocycles. The molecule has 3 heterocycles. The highest BCUT2D eigenvalue weighted by molar-refractivity contribution is 5.76. The topological polar surface area (TPSA) is 44.6 Å². The monoisotopic (exact) mass is 333 g/mol. The Morgan fingerprint density at radius 3 is 2.46 bits per heavy atom. The standard InChI is InChI=1S/C18H31N5O/c1-15-12-19-23(13-15)14-18(24)22-6-4-17(5-7-22)16(2)21-10-8-20(3)9-11-21/h12-13,16-17H,4-11,14H2,1-3H3/t16-/m1/s1. The van der Waals surface area contributed by atoms with Gasteiger partial charge in [-0.1, -0.05) is 0 Å². The predicted octanol–water partition coefficient (Wildman–Crippen LogP) is 1.07. The van der Waals surface area contributed by atoms with Gasteiger partial charge in [-0.3, -0.25) is 14.4 Å². The summed E-state index contributed by atoms with van der Waals surface area (Å²) in [6, 6.07) is 0.629. The molecule has 0 radical (unpaired) electrons. The molecule has 2 aliphatic rings. The second kappa shape index (κ2) is 7.66. The van der Waals surface area contributed by atoms with Crippen molar-refractivity contribution in [3.8, 4) is 0 Å². The Labute approximate surface area is 145 Å². The number of hydrogen-bond acceptors (Lipinski definition) is 4. The fourth-order valence-electron chi connectivity index (χ4n) is 3.95. The molecule has 0 aliphatic carbocycles. The minimum Gasteiger partial charge on any atom is -0.341 e. The summed E-state index contributed by atoms with van der Waals surface area (Å²) in [5.74, 6) is 0.910. The molecule has 1 aromatic heterocycles. The summed E-state index contributed by atoms with van der Waals surface area (Å²) in [6.45, 7) is 11.2. The Bertz CT molecular complexity index is 541. The summed E-state index contributed by atoms with van der Waals surface area (Å²) in [5, 5.41) is 4.22. The zero-order chi connectivity index (χ0) is 17.1. The Morgan fingerprint density at radius 1 is 1.21 bits per heavy atom. The van der Waals surface area contributed by atoms with Crippen LogP contribution in [0, 0.1) is 12.8 Å². The first kappa shape index (κ1) is 17.4. The van der Waals surface area contributed by atoms with Gasteiger partial charge in [-0.15, -0.1) is 0 Å². The Hall–Kier alpha value is -1.40. The highest BCUT2D eigenvalue weighted by atomic mass is 16.2. The molecule has 24 heavy (non-hydrogen) atoms. The maximum Gasteiger partial charge on any atom is 0.244 e. The number of piperidine rings is 1. The molecule has 0 unspecified atom stereocenters.